The molecule has 1 aromatic carbocycles. The Morgan fingerprint density at radius 1 is 1.17 bits per heavy atom. The Kier molecular flexibility index (Phi) is 6.36. The first-order valence-corrected chi connectivity index (χ1v) is 7.73. The number of amides is 1. The molecule has 0 aliphatic heterocycles. The van der Waals surface area contributed by atoms with Gasteiger partial charge in [0.1, 0.15) is 23.8 Å². The van der Waals surface area contributed by atoms with Gasteiger partial charge in [-0.1, -0.05) is 0 Å². The summed E-state index contributed by atoms with van der Waals surface area (Å²) in [5.41, 5.74) is 0.331. The van der Waals surface area contributed by atoms with E-state index >= 15 is 0 Å². The number of benzene rings is 1. The molecule has 0 aliphatic rings. The van der Waals surface area contributed by atoms with Gasteiger partial charge in [0.05, 0.1) is 13.7 Å². The van der Waals surface area contributed by atoms with Crippen molar-refractivity contribution in [2.45, 2.75) is 19.9 Å². The number of anilines is 1. The molecule has 0 spiro atoms. The van der Waals surface area contributed by atoms with Crippen LogP contribution in [-0.2, 0) is 0 Å². The van der Waals surface area contributed by atoms with Crippen LogP contribution in [0.4, 0.5) is 5.95 Å². The van der Waals surface area contributed by atoms with E-state index in [0.29, 0.717) is 24.8 Å². The second-order valence-corrected chi connectivity index (χ2v) is 5.34. The molecule has 2 rings (SSSR count). The van der Waals surface area contributed by atoms with Crippen LogP contribution in [0.1, 0.15) is 24.3 Å². The Morgan fingerprint density at radius 3 is 2.54 bits per heavy atom. The molecule has 0 atom stereocenters. The van der Waals surface area contributed by atoms with Gasteiger partial charge < -0.3 is 20.1 Å². The highest BCUT2D eigenvalue weighted by molar-refractivity contribution is 5.92. The van der Waals surface area contributed by atoms with Crippen molar-refractivity contribution in [2.75, 3.05) is 25.6 Å². The van der Waals surface area contributed by atoms with Crippen LogP contribution in [0.15, 0.2) is 36.5 Å². The lowest BCUT2D eigenvalue weighted by atomic mass is 10.3. The highest BCUT2D eigenvalue weighted by Crippen LogP contribution is 2.16. The lowest BCUT2D eigenvalue weighted by Crippen LogP contribution is -2.31. The Hall–Kier alpha value is -2.83. The number of hydrogen-bond donors (Lipinski definition) is 2. The van der Waals surface area contributed by atoms with Gasteiger partial charge in [-0.05, 0) is 44.2 Å². The third-order valence-electron chi connectivity index (χ3n) is 3.02. The van der Waals surface area contributed by atoms with E-state index in [-0.39, 0.29) is 11.9 Å². The molecular formula is C17H22N4O3. The van der Waals surface area contributed by atoms with E-state index in [1.54, 1.807) is 19.4 Å². The Morgan fingerprint density at radius 2 is 1.88 bits per heavy atom. The molecule has 0 saturated heterocycles. The maximum Gasteiger partial charge on any atom is 0.270 e. The highest BCUT2D eigenvalue weighted by atomic mass is 16.5. The lowest BCUT2D eigenvalue weighted by molar-refractivity contribution is 0.0938. The topological polar surface area (TPSA) is 85.4 Å². The summed E-state index contributed by atoms with van der Waals surface area (Å²) in [5, 5.41) is 5.83. The third kappa shape index (κ3) is 5.42. The molecule has 0 fully saturated rings. The molecular weight excluding hydrogens is 308 g/mol. The fourth-order valence-corrected chi connectivity index (χ4v) is 1.91. The summed E-state index contributed by atoms with van der Waals surface area (Å²) in [5.74, 6) is 1.71. The van der Waals surface area contributed by atoms with Gasteiger partial charge in [-0.25, -0.2) is 9.97 Å². The molecule has 1 aromatic heterocycles. The molecule has 0 radical (unpaired) electrons. The van der Waals surface area contributed by atoms with Crippen molar-refractivity contribution in [3.8, 4) is 11.5 Å². The van der Waals surface area contributed by atoms with E-state index in [1.807, 2.05) is 38.1 Å². The first kappa shape index (κ1) is 17.5. The van der Waals surface area contributed by atoms with Gasteiger partial charge in [0.15, 0.2) is 0 Å². The number of carbonyl (C=O) groups excluding carboxylic acids is 1. The Balaban J connectivity index is 1.80. The summed E-state index contributed by atoms with van der Waals surface area (Å²) < 4.78 is 10.7. The standard InChI is InChI=1S/C17H22N4O3/c1-12(2)20-16(22)15-8-9-18-17(21-15)19-10-11-24-14-6-4-13(23-3)5-7-14/h4-9,12H,10-11H2,1-3H3,(H,20,22)(H,18,19,21). The maximum atomic E-state index is 11.9. The highest BCUT2D eigenvalue weighted by Gasteiger charge is 2.09. The molecule has 7 nitrogen and oxygen atoms in total. The molecule has 128 valence electrons. The van der Waals surface area contributed by atoms with E-state index in [1.165, 1.54) is 0 Å². The smallest absolute Gasteiger partial charge is 0.270 e. The zero-order valence-corrected chi connectivity index (χ0v) is 14.1. The van der Waals surface area contributed by atoms with Crippen LogP contribution < -0.4 is 20.1 Å². The van der Waals surface area contributed by atoms with Crippen LogP contribution in [0.25, 0.3) is 0 Å². The van der Waals surface area contributed by atoms with Gasteiger partial charge in [0.2, 0.25) is 5.95 Å². The van der Waals surface area contributed by atoms with E-state index < -0.39 is 0 Å². The van der Waals surface area contributed by atoms with Crippen molar-refractivity contribution in [2.24, 2.45) is 0 Å². The van der Waals surface area contributed by atoms with Gasteiger partial charge in [-0.15, -0.1) is 0 Å². The van der Waals surface area contributed by atoms with Crippen LogP contribution in [0.5, 0.6) is 11.5 Å². The zero-order valence-electron chi connectivity index (χ0n) is 14.1. The zero-order chi connectivity index (χ0) is 17.4. The molecule has 1 amide bonds. The number of aromatic nitrogens is 2. The van der Waals surface area contributed by atoms with E-state index in [2.05, 4.69) is 20.6 Å². The molecule has 0 unspecified atom stereocenters. The monoisotopic (exact) mass is 330 g/mol. The van der Waals surface area contributed by atoms with Gasteiger partial charge in [0.25, 0.3) is 5.91 Å². The summed E-state index contributed by atoms with van der Waals surface area (Å²) in [6.45, 7) is 4.75. The van der Waals surface area contributed by atoms with Crippen molar-refractivity contribution in [1.29, 1.82) is 0 Å². The lowest BCUT2D eigenvalue weighted by Gasteiger charge is -2.10. The average molecular weight is 330 g/mol. The van der Waals surface area contributed by atoms with Gasteiger partial charge in [-0.3, -0.25) is 4.79 Å². The molecule has 0 bridgehead atoms. The number of carbonyl (C=O) groups is 1. The second-order valence-electron chi connectivity index (χ2n) is 5.34. The van der Waals surface area contributed by atoms with Gasteiger partial charge in [0, 0.05) is 12.2 Å². The number of hydrogen-bond acceptors (Lipinski definition) is 6. The van der Waals surface area contributed by atoms with Crippen molar-refractivity contribution in [3.05, 3.63) is 42.2 Å². The second kappa shape index (κ2) is 8.71. The van der Waals surface area contributed by atoms with Crippen LogP contribution >= 0.6 is 0 Å². The first-order valence-electron chi connectivity index (χ1n) is 7.73. The SMILES string of the molecule is COc1ccc(OCCNc2nccc(C(=O)NC(C)C)n2)cc1. The minimum absolute atomic E-state index is 0.0572. The maximum absolute atomic E-state index is 11.9. The number of nitrogens with one attached hydrogen (secondary N) is 2. The predicted octanol–water partition coefficient (Wildman–Crippen LogP) is 2.11. The van der Waals surface area contributed by atoms with Gasteiger partial charge in [-0.2, -0.15) is 0 Å². The number of nitrogens with zero attached hydrogens (tertiary/aromatic N) is 2. The molecule has 1 heterocycles. The minimum atomic E-state index is -0.218. The van der Waals surface area contributed by atoms with Crippen LogP contribution in [-0.4, -0.2) is 42.2 Å². The fourth-order valence-electron chi connectivity index (χ4n) is 1.91. The third-order valence-corrected chi connectivity index (χ3v) is 3.02. The quantitative estimate of drug-likeness (QED) is 0.721. The Labute approximate surface area is 141 Å². The van der Waals surface area contributed by atoms with Crippen molar-refractivity contribution >= 4 is 11.9 Å². The summed E-state index contributed by atoms with van der Waals surface area (Å²) >= 11 is 0. The molecule has 0 aliphatic carbocycles. The summed E-state index contributed by atoms with van der Waals surface area (Å²) in [7, 11) is 1.62. The van der Waals surface area contributed by atoms with Crippen LogP contribution in [0, 0.1) is 0 Å². The van der Waals surface area contributed by atoms with Crippen molar-refractivity contribution < 1.29 is 14.3 Å². The summed E-state index contributed by atoms with van der Waals surface area (Å²) in [6.07, 6.45) is 1.55. The largest absolute Gasteiger partial charge is 0.497 e. The molecule has 2 N–H and O–H groups in total. The molecule has 24 heavy (non-hydrogen) atoms. The fraction of sp³-hybridized carbons (Fsp3) is 0.353. The van der Waals surface area contributed by atoms with Gasteiger partial charge >= 0.3 is 0 Å². The predicted molar refractivity (Wildman–Crippen MR) is 91.6 cm³/mol. The van der Waals surface area contributed by atoms with Crippen molar-refractivity contribution in [1.82, 2.24) is 15.3 Å². The molecule has 0 saturated carbocycles. The Bertz CT molecular complexity index is 659. The summed E-state index contributed by atoms with van der Waals surface area (Å²) in [4.78, 5) is 20.2. The van der Waals surface area contributed by atoms with E-state index in [9.17, 15) is 4.79 Å². The minimum Gasteiger partial charge on any atom is -0.497 e. The number of ether oxygens (including phenoxy) is 2. The first-order chi connectivity index (χ1) is 11.6. The van der Waals surface area contributed by atoms with E-state index in [4.69, 9.17) is 9.47 Å². The van der Waals surface area contributed by atoms with Crippen LogP contribution in [0.2, 0.25) is 0 Å². The molecule has 2 aromatic rings. The summed E-state index contributed by atoms with van der Waals surface area (Å²) in [6, 6.07) is 8.99. The van der Waals surface area contributed by atoms with Crippen molar-refractivity contribution in [3.63, 3.8) is 0 Å². The molecule has 7 heteroatoms. The van der Waals surface area contributed by atoms with Crippen LogP contribution in [0.3, 0.4) is 0 Å². The number of rotatable bonds is 8. The van der Waals surface area contributed by atoms with E-state index in [0.717, 1.165) is 11.5 Å². The number of methoxy groups -OCH3 is 1. The average Bonchev–Trinajstić information content (AvgIpc) is 2.59. The normalized spacial score (nSPS) is 10.3.